The molecule has 1 rings (SSSR count). The van der Waals surface area contributed by atoms with Crippen molar-refractivity contribution in [1.29, 1.82) is 5.26 Å². The van der Waals surface area contributed by atoms with Crippen molar-refractivity contribution in [3.8, 4) is 6.07 Å². The van der Waals surface area contributed by atoms with E-state index in [2.05, 4.69) is 0 Å². The van der Waals surface area contributed by atoms with E-state index in [9.17, 15) is 13.6 Å². The largest absolute Gasteiger partial charge is 0.294 e. The van der Waals surface area contributed by atoms with Crippen molar-refractivity contribution in [3.05, 3.63) is 32.4 Å². The van der Waals surface area contributed by atoms with Crippen molar-refractivity contribution in [2.75, 3.05) is 0 Å². The zero-order chi connectivity index (χ0) is 11.6. The first-order valence-corrected chi connectivity index (χ1v) is 5.08. The maximum absolute atomic E-state index is 12.6. The van der Waals surface area contributed by atoms with Gasteiger partial charge < -0.3 is 0 Å². The molecule has 5 heteroatoms. The van der Waals surface area contributed by atoms with E-state index >= 15 is 0 Å². The van der Waals surface area contributed by atoms with Gasteiger partial charge in [0.05, 0.1) is 5.56 Å². The Labute approximate surface area is 99.0 Å². The second-order valence-corrected chi connectivity index (χ2v) is 4.13. The number of ketones is 1. The summed E-state index contributed by atoms with van der Waals surface area (Å²) in [4.78, 5) is 11.2. The molecule has 0 atom stereocenters. The molecule has 78 valence electrons. The van der Waals surface area contributed by atoms with Gasteiger partial charge in [0.25, 0.3) is 6.43 Å². The number of hydrogen-bond donors (Lipinski definition) is 0. The molecule has 1 aromatic carbocycles. The molecule has 0 spiro atoms. The first-order valence-electron chi connectivity index (χ1n) is 4.00. The maximum Gasteiger partial charge on any atom is 0.265 e. The Morgan fingerprint density at radius 2 is 2.13 bits per heavy atom. The summed E-state index contributed by atoms with van der Waals surface area (Å²) in [7, 11) is 0. The van der Waals surface area contributed by atoms with Crippen LogP contribution in [-0.4, -0.2) is 5.78 Å². The van der Waals surface area contributed by atoms with Gasteiger partial charge in [-0.3, -0.25) is 4.79 Å². The van der Waals surface area contributed by atoms with Gasteiger partial charge in [0.15, 0.2) is 5.78 Å². The highest BCUT2D eigenvalue weighted by molar-refractivity contribution is 14.1. The van der Waals surface area contributed by atoms with Crippen LogP contribution in [0.1, 0.15) is 34.8 Å². The van der Waals surface area contributed by atoms with Gasteiger partial charge in [-0.05, 0) is 41.6 Å². The van der Waals surface area contributed by atoms with Crippen LogP contribution >= 0.6 is 22.6 Å². The number of halogens is 3. The smallest absolute Gasteiger partial charge is 0.265 e. The minimum absolute atomic E-state index is 0.0553. The quantitative estimate of drug-likeness (QED) is 0.619. The Kier molecular flexibility index (Phi) is 3.74. The Bertz CT molecular complexity index is 451. The Morgan fingerprint density at radius 1 is 1.53 bits per heavy atom. The Balaban J connectivity index is 3.54. The first kappa shape index (κ1) is 12.0. The lowest BCUT2D eigenvalue weighted by atomic mass is 10.00. The van der Waals surface area contributed by atoms with Crippen molar-refractivity contribution in [2.24, 2.45) is 0 Å². The van der Waals surface area contributed by atoms with E-state index < -0.39 is 6.43 Å². The van der Waals surface area contributed by atoms with E-state index in [0.29, 0.717) is 3.57 Å². The molecule has 15 heavy (non-hydrogen) atoms. The molecule has 0 fully saturated rings. The topological polar surface area (TPSA) is 40.9 Å². The Morgan fingerprint density at radius 3 is 2.53 bits per heavy atom. The number of nitriles is 1. The van der Waals surface area contributed by atoms with Crippen LogP contribution in [0.15, 0.2) is 12.1 Å². The van der Waals surface area contributed by atoms with Crippen LogP contribution in [0, 0.1) is 14.9 Å². The van der Waals surface area contributed by atoms with E-state index in [0.717, 1.165) is 0 Å². The second-order valence-electron chi connectivity index (χ2n) is 2.89. The van der Waals surface area contributed by atoms with Crippen molar-refractivity contribution < 1.29 is 13.6 Å². The van der Waals surface area contributed by atoms with E-state index in [1.165, 1.54) is 19.1 Å². The van der Waals surface area contributed by atoms with Crippen LogP contribution in [0.25, 0.3) is 0 Å². The molecule has 0 saturated carbocycles. The SMILES string of the molecule is CC(=O)c1cc(I)cc(C(F)F)c1C#N. The van der Waals surface area contributed by atoms with Gasteiger partial charge >= 0.3 is 0 Å². The molecule has 0 aliphatic carbocycles. The van der Waals surface area contributed by atoms with Gasteiger partial charge in [0.1, 0.15) is 6.07 Å². The van der Waals surface area contributed by atoms with Gasteiger partial charge in [-0.1, -0.05) is 0 Å². The molecule has 0 saturated heterocycles. The van der Waals surface area contributed by atoms with E-state index in [1.807, 2.05) is 22.6 Å². The molecule has 0 heterocycles. The maximum atomic E-state index is 12.6. The first-order chi connectivity index (χ1) is 6.97. The predicted octanol–water partition coefficient (Wildman–Crippen LogP) is 3.30. The molecule has 0 aromatic heterocycles. The number of Topliss-reactive ketones (excluding diaryl/α,β-unsaturated/α-hetero) is 1. The van der Waals surface area contributed by atoms with Crippen molar-refractivity contribution >= 4 is 28.4 Å². The van der Waals surface area contributed by atoms with Gasteiger partial charge in [0.2, 0.25) is 0 Å². The van der Waals surface area contributed by atoms with Crippen molar-refractivity contribution in [2.45, 2.75) is 13.3 Å². The monoisotopic (exact) mass is 321 g/mol. The summed E-state index contributed by atoms with van der Waals surface area (Å²) >= 11 is 1.84. The fourth-order valence-electron chi connectivity index (χ4n) is 1.20. The number of carbonyl (C=O) groups excluding carboxylic acids is 1. The summed E-state index contributed by atoms with van der Waals surface area (Å²) < 4.78 is 25.7. The van der Waals surface area contributed by atoms with Crippen LogP contribution < -0.4 is 0 Å². The third-order valence-corrected chi connectivity index (χ3v) is 2.48. The van der Waals surface area contributed by atoms with Crippen LogP contribution in [0.4, 0.5) is 8.78 Å². The molecule has 0 bridgehead atoms. The highest BCUT2D eigenvalue weighted by atomic mass is 127. The zero-order valence-electron chi connectivity index (χ0n) is 7.72. The summed E-state index contributed by atoms with van der Waals surface area (Å²) in [5.74, 6) is -0.382. The Hall–Kier alpha value is -1.03. The fourth-order valence-corrected chi connectivity index (χ4v) is 1.85. The average Bonchev–Trinajstić information content (AvgIpc) is 2.16. The highest BCUT2D eigenvalue weighted by Gasteiger charge is 2.19. The molecular weight excluding hydrogens is 315 g/mol. The van der Waals surface area contributed by atoms with Gasteiger partial charge in [0, 0.05) is 14.7 Å². The molecule has 0 unspecified atom stereocenters. The lowest BCUT2D eigenvalue weighted by Gasteiger charge is -2.07. The predicted molar refractivity (Wildman–Crippen MR) is 58.8 cm³/mol. The van der Waals surface area contributed by atoms with E-state index in [4.69, 9.17) is 5.26 Å². The summed E-state index contributed by atoms with van der Waals surface area (Å²) in [6.07, 6.45) is -2.74. The zero-order valence-corrected chi connectivity index (χ0v) is 9.88. The molecule has 0 amide bonds. The summed E-state index contributed by atoms with van der Waals surface area (Å²) in [6.45, 7) is 1.25. The molecule has 0 aliphatic heterocycles. The number of alkyl halides is 2. The third-order valence-electron chi connectivity index (χ3n) is 1.86. The normalized spacial score (nSPS) is 10.1. The van der Waals surface area contributed by atoms with Gasteiger partial charge in [-0.25, -0.2) is 8.78 Å². The molecule has 2 nitrogen and oxygen atoms in total. The number of hydrogen-bond acceptors (Lipinski definition) is 2. The summed E-state index contributed by atoms with van der Waals surface area (Å²) in [5.41, 5.74) is -0.549. The fraction of sp³-hybridized carbons (Fsp3) is 0.200. The molecular formula is C10H6F2INO. The second kappa shape index (κ2) is 4.66. The minimum atomic E-state index is -2.74. The van der Waals surface area contributed by atoms with Crippen molar-refractivity contribution in [3.63, 3.8) is 0 Å². The van der Waals surface area contributed by atoms with E-state index in [1.54, 1.807) is 6.07 Å². The highest BCUT2D eigenvalue weighted by Crippen LogP contribution is 2.27. The lowest BCUT2D eigenvalue weighted by molar-refractivity contribution is 0.101. The van der Waals surface area contributed by atoms with Crippen molar-refractivity contribution in [1.82, 2.24) is 0 Å². The third kappa shape index (κ3) is 2.50. The summed E-state index contributed by atoms with van der Waals surface area (Å²) in [6, 6.07) is 4.31. The van der Waals surface area contributed by atoms with Crippen LogP contribution in [0.2, 0.25) is 0 Å². The number of benzene rings is 1. The molecule has 0 aliphatic rings. The number of carbonyl (C=O) groups is 1. The van der Waals surface area contributed by atoms with Crippen LogP contribution in [0.5, 0.6) is 0 Å². The average molecular weight is 321 g/mol. The molecule has 1 aromatic rings. The van der Waals surface area contributed by atoms with Crippen LogP contribution in [-0.2, 0) is 0 Å². The summed E-state index contributed by atoms with van der Waals surface area (Å²) in [5, 5.41) is 8.75. The minimum Gasteiger partial charge on any atom is -0.294 e. The number of rotatable bonds is 2. The molecule has 0 radical (unpaired) electrons. The molecule has 0 N–H and O–H groups in total. The van der Waals surface area contributed by atoms with Gasteiger partial charge in [-0.2, -0.15) is 5.26 Å². The van der Waals surface area contributed by atoms with Gasteiger partial charge in [-0.15, -0.1) is 0 Å². The lowest BCUT2D eigenvalue weighted by Crippen LogP contribution is -2.02. The standard InChI is InChI=1S/C10H6F2INO/c1-5(15)7-2-6(13)3-8(10(11)12)9(7)4-14/h2-3,10H,1H3. The van der Waals surface area contributed by atoms with E-state index in [-0.39, 0.29) is 22.5 Å². The van der Waals surface area contributed by atoms with Crippen LogP contribution in [0.3, 0.4) is 0 Å². The number of nitrogens with zero attached hydrogens (tertiary/aromatic N) is 1.